The quantitative estimate of drug-likeness (QED) is 0.408. The van der Waals surface area contributed by atoms with E-state index in [1.54, 1.807) is 18.5 Å². The second-order valence-corrected chi connectivity index (χ2v) is 10.4. The smallest absolute Gasteiger partial charge is 0.338 e. The van der Waals surface area contributed by atoms with Crippen molar-refractivity contribution in [2.24, 2.45) is 4.99 Å². The number of rotatable bonds is 9. The summed E-state index contributed by atoms with van der Waals surface area (Å²) in [6.45, 7) is 1.02. The van der Waals surface area contributed by atoms with Gasteiger partial charge in [-0.25, -0.2) is 22.9 Å². The third-order valence-electron chi connectivity index (χ3n) is 6.05. The number of carbonyl (C=O) groups excluding carboxylic acids is 1. The van der Waals surface area contributed by atoms with E-state index >= 15 is 0 Å². The fourth-order valence-electron chi connectivity index (χ4n) is 4.49. The lowest BCUT2D eigenvalue weighted by atomic mass is 9.95. The summed E-state index contributed by atoms with van der Waals surface area (Å²) < 4.78 is 48.4. The first-order chi connectivity index (χ1) is 17.6. The molecular formula is C24H24BrF3N4O4S. The molecule has 0 aliphatic carbocycles. The molecular weight excluding hydrogens is 577 g/mol. The molecule has 0 spiro atoms. The fourth-order valence-corrected chi connectivity index (χ4v) is 5.65. The Balaban J connectivity index is 1.80. The predicted molar refractivity (Wildman–Crippen MR) is 134 cm³/mol. The predicted octanol–water partition coefficient (Wildman–Crippen LogP) is 4.53. The average Bonchev–Trinajstić information content (AvgIpc) is 3.45. The van der Waals surface area contributed by atoms with E-state index in [9.17, 15) is 22.8 Å². The van der Waals surface area contributed by atoms with Crippen LogP contribution in [0.1, 0.15) is 42.8 Å². The number of aliphatic carboxylic acids is 1. The first kappa shape index (κ1) is 27.3. The Morgan fingerprint density at radius 3 is 2.81 bits per heavy atom. The van der Waals surface area contributed by atoms with Crippen molar-refractivity contribution in [1.82, 2.24) is 15.2 Å². The lowest BCUT2D eigenvalue weighted by Gasteiger charge is -2.31. The number of aromatic nitrogens is 1. The van der Waals surface area contributed by atoms with Crippen molar-refractivity contribution in [2.75, 3.05) is 19.7 Å². The summed E-state index contributed by atoms with van der Waals surface area (Å²) in [5.41, 5.74) is 0.867. The van der Waals surface area contributed by atoms with E-state index in [1.165, 1.54) is 34.4 Å². The number of amidine groups is 1. The van der Waals surface area contributed by atoms with Crippen molar-refractivity contribution in [1.29, 1.82) is 0 Å². The van der Waals surface area contributed by atoms with Crippen molar-refractivity contribution in [3.05, 3.63) is 61.9 Å². The third-order valence-corrected chi connectivity index (χ3v) is 7.52. The summed E-state index contributed by atoms with van der Waals surface area (Å²) in [5.74, 6) is -4.94. The number of hydrogen-bond donors (Lipinski definition) is 2. The summed E-state index contributed by atoms with van der Waals surface area (Å²) in [6, 6.07) is 2.34. The number of carboxylic acid groups (broad SMARTS) is 1. The van der Waals surface area contributed by atoms with Crippen molar-refractivity contribution >= 4 is 45.0 Å². The van der Waals surface area contributed by atoms with Gasteiger partial charge in [0.15, 0.2) is 10.8 Å². The monoisotopic (exact) mass is 600 g/mol. The summed E-state index contributed by atoms with van der Waals surface area (Å²) >= 11 is 4.65. The first-order valence-corrected chi connectivity index (χ1v) is 13.2. The lowest BCUT2D eigenvalue weighted by Crippen LogP contribution is -2.41. The number of thiazole rings is 1. The number of halogens is 4. The molecule has 2 aliphatic heterocycles. The second kappa shape index (κ2) is 11.3. The molecule has 198 valence electrons. The van der Waals surface area contributed by atoms with Crippen LogP contribution in [0.3, 0.4) is 0 Å². The summed E-state index contributed by atoms with van der Waals surface area (Å²) in [5, 5.41) is 14.4. The van der Waals surface area contributed by atoms with Crippen molar-refractivity contribution < 1.29 is 32.6 Å². The van der Waals surface area contributed by atoms with Gasteiger partial charge in [0.25, 0.3) is 5.92 Å². The van der Waals surface area contributed by atoms with Gasteiger partial charge in [0.05, 0.1) is 18.7 Å². The van der Waals surface area contributed by atoms with Gasteiger partial charge in [0, 0.05) is 47.2 Å². The maximum absolute atomic E-state index is 14.4. The SMILES string of the molecule is CCOC(=O)C1=C(CN2CC(F)(F)C[C@H]2CCC(=O)O)NC(c2nccs2)=N[C@H]1c1ccc(F)cc1Br. The number of likely N-dealkylation sites (tertiary alicyclic amines) is 1. The molecule has 4 rings (SSSR count). The summed E-state index contributed by atoms with van der Waals surface area (Å²) in [7, 11) is 0. The number of carboxylic acids is 1. The van der Waals surface area contributed by atoms with Crippen LogP contribution in [0.25, 0.3) is 0 Å². The fraction of sp³-hybridized carbons (Fsp3) is 0.417. The molecule has 2 aromatic rings. The van der Waals surface area contributed by atoms with Crippen LogP contribution in [0.15, 0.2) is 50.5 Å². The largest absolute Gasteiger partial charge is 0.481 e. The standard InChI is InChI=1S/C24H24BrF3N4O4S/c1-2-36-23(35)19-17(11-32-12-24(27,28)10-14(32)4-6-18(33)34)30-21(22-29-7-8-37-22)31-20(19)15-5-3-13(26)9-16(15)25/h3,5,7-9,14,20H,2,4,6,10-12H2,1H3,(H,30,31)(H,33,34)/t14-,20+/m1/s1. The van der Waals surface area contributed by atoms with Gasteiger partial charge < -0.3 is 15.2 Å². The zero-order valence-electron chi connectivity index (χ0n) is 19.7. The highest BCUT2D eigenvalue weighted by atomic mass is 79.9. The first-order valence-electron chi connectivity index (χ1n) is 11.5. The molecule has 8 nitrogen and oxygen atoms in total. The van der Waals surface area contributed by atoms with Crippen LogP contribution in [0, 0.1) is 5.82 Å². The van der Waals surface area contributed by atoms with E-state index in [0.717, 1.165) is 0 Å². The van der Waals surface area contributed by atoms with E-state index < -0.39 is 48.7 Å². The number of hydrogen-bond acceptors (Lipinski definition) is 8. The second-order valence-electron chi connectivity index (χ2n) is 8.67. The Morgan fingerprint density at radius 2 is 2.16 bits per heavy atom. The molecule has 37 heavy (non-hydrogen) atoms. The molecule has 2 atom stereocenters. The highest BCUT2D eigenvalue weighted by Gasteiger charge is 2.46. The van der Waals surface area contributed by atoms with Gasteiger partial charge >= 0.3 is 11.9 Å². The number of aliphatic imine (C=N–C) groups is 1. The number of nitrogens with zero attached hydrogens (tertiary/aromatic N) is 3. The number of ether oxygens (including phenoxy) is 1. The zero-order valence-corrected chi connectivity index (χ0v) is 22.1. The van der Waals surface area contributed by atoms with Crippen molar-refractivity contribution in [3.8, 4) is 0 Å². The van der Waals surface area contributed by atoms with Gasteiger partial charge in [-0.2, -0.15) is 0 Å². The Kier molecular flexibility index (Phi) is 8.34. The molecule has 1 saturated heterocycles. The number of carbonyl (C=O) groups is 2. The highest BCUT2D eigenvalue weighted by Crippen LogP contribution is 2.39. The maximum Gasteiger partial charge on any atom is 0.338 e. The normalized spacial score (nSPS) is 21.5. The molecule has 0 bridgehead atoms. The van der Waals surface area contributed by atoms with E-state index in [4.69, 9.17) is 14.8 Å². The summed E-state index contributed by atoms with van der Waals surface area (Å²) in [6.07, 6.45) is 0.877. The zero-order chi connectivity index (χ0) is 26.7. The maximum atomic E-state index is 14.4. The van der Waals surface area contributed by atoms with Crippen LogP contribution >= 0.6 is 27.3 Å². The van der Waals surface area contributed by atoms with Crippen LogP contribution in [-0.4, -0.2) is 64.4 Å². The summed E-state index contributed by atoms with van der Waals surface area (Å²) in [4.78, 5) is 34.8. The molecule has 2 N–H and O–H groups in total. The van der Waals surface area contributed by atoms with Gasteiger partial charge in [-0.3, -0.25) is 14.7 Å². The van der Waals surface area contributed by atoms with E-state index in [0.29, 0.717) is 20.9 Å². The Bertz CT molecular complexity index is 1240. The van der Waals surface area contributed by atoms with E-state index in [2.05, 4.69) is 26.2 Å². The van der Waals surface area contributed by atoms with Gasteiger partial charge in [-0.1, -0.05) is 22.0 Å². The van der Waals surface area contributed by atoms with Crippen LogP contribution in [0.2, 0.25) is 0 Å². The van der Waals surface area contributed by atoms with E-state index in [-0.39, 0.29) is 37.3 Å². The van der Waals surface area contributed by atoms with Crippen LogP contribution < -0.4 is 5.32 Å². The number of benzene rings is 1. The Labute approximate surface area is 223 Å². The number of alkyl halides is 2. The molecule has 0 radical (unpaired) electrons. The molecule has 2 aliphatic rings. The molecule has 1 aromatic carbocycles. The molecule has 1 aromatic heterocycles. The van der Waals surface area contributed by atoms with Crippen LogP contribution in [-0.2, 0) is 14.3 Å². The lowest BCUT2D eigenvalue weighted by molar-refractivity contribution is -0.139. The van der Waals surface area contributed by atoms with E-state index in [1.807, 2.05) is 0 Å². The topological polar surface area (TPSA) is 104 Å². The molecule has 1 fully saturated rings. The molecule has 0 amide bonds. The average molecular weight is 601 g/mol. The molecule has 0 saturated carbocycles. The third kappa shape index (κ3) is 6.39. The Morgan fingerprint density at radius 1 is 1.38 bits per heavy atom. The van der Waals surface area contributed by atoms with Crippen LogP contribution in [0.5, 0.6) is 0 Å². The van der Waals surface area contributed by atoms with Gasteiger partial charge in [0.1, 0.15) is 11.9 Å². The number of esters is 1. The van der Waals surface area contributed by atoms with Crippen molar-refractivity contribution in [3.63, 3.8) is 0 Å². The minimum Gasteiger partial charge on any atom is -0.481 e. The van der Waals surface area contributed by atoms with Gasteiger partial charge in [-0.05, 0) is 31.0 Å². The molecule has 3 heterocycles. The number of nitrogens with one attached hydrogen (secondary N) is 1. The molecule has 0 unspecified atom stereocenters. The molecule has 13 heteroatoms. The minimum absolute atomic E-state index is 0.0350. The minimum atomic E-state index is -3.01. The van der Waals surface area contributed by atoms with Gasteiger partial charge in [-0.15, -0.1) is 11.3 Å². The van der Waals surface area contributed by atoms with Gasteiger partial charge in [0.2, 0.25) is 0 Å². The van der Waals surface area contributed by atoms with Crippen molar-refractivity contribution in [2.45, 2.75) is 44.2 Å². The Hall–Kier alpha value is -2.77. The highest BCUT2D eigenvalue weighted by molar-refractivity contribution is 9.10. The van der Waals surface area contributed by atoms with Crippen LogP contribution in [0.4, 0.5) is 13.2 Å².